The van der Waals surface area contributed by atoms with Gasteiger partial charge in [0, 0.05) is 16.7 Å². The van der Waals surface area contributed by atoms with Crippen LogP contribution in [0.4, 0.5) is 0 Å². The van der Waals surface area contributed by atoms with Crippen molar-refractivity contribution in [2.75, 3.05) is 0 Å². The molecule has 0 heterocycles. The summed E-state index contributed by atoms with van der Waals surface area (Å²) in [6, 6.07) is 5.01. The fraction of sp³-hybridized carbons (Fsp3) is 0.200. The minimum atomic E-state index is -0.625. The highest BCUT2D eigenvalue weighted by Crippen LogP contribution is 2.29. The van der Waals surface area contributed by atoms with Gasteiger partial charge in [-0.05, 0) is 20.8 Å². The first-order valence-corrected chi connectivity index (χ1v) is 5.78. The lowest BCUT2D eigenvalue weighted by atomic mass is 9.83. The third-order valence-electron chi connectivity index (χ3n) is 2.89. The molecule has 0 aliphatic rings. The molecule has 0 amide bonds. The number of benzene rings is 1. The van der Waals surface area contributed by atoms with E-state index in [0.717, 1.165) is 20.8 Å². The van der Waals surface area contributed by atoms with E-state index in [0.29, 0.717) is 0 Å². The molecule has 0 saturated heterocycles. The van der Waals surface area contributed by atoms with E-state index >= 15 is 0 Å². The minimum absolute atomic E-state index is 0.276. The Bertz CT molecular complexity index is 762. The van der Waals surface area contributed by atoms with Gasteiger partial charge in [0.25, 0.3) is 0 Å². The van der Waals surface area contributed by atoms with E-state index < -0.39 is 17.3 Å². The van der Waals surface area contributed by atoms with Crippen LogP contribution in [0.5, 0.6) is 0 Å². The molecular formula is C15H9N3O3. The summed E-state index contributed by atoms with van der Waals surface area (Å²) in [4.78, 5) is 35.4. The maximum atomic E-state index is 11.8. The van der Waals surface area contributed by atoms with Crippen molar-refractivity contribution in [1.29, 1.82) is 15.8 Å². The number of Topliss-reactive ketones (excluding diaryl/α,β-unsaturated/α-hetero) is 3. The molecule has 6 heteroatoms. The van der Waals surface area contributed by atoms with Gasteiger partial charge in [0.05, 0.1) is 16.7 Å². The highest BCUT2D eigenvalue weighted by atomic mass is 16.1. The van der Waals surface area contributed by atoms with Gasteiger partial charge >= 0.3 is 0 Å². The van der Waals surface area contributed by atoms with Crippen molar-refractivity contribution < 1.29 is 14.4 Å². The number of ketones is 3. The van der Waals surface area contributed by atoms with Crippen LogP contribution in [0.2, 0.25) is 0 Å². The van der Waals surface area contributed by atoms with Crippen molar-refractivity contribution in [3.63, 3.8) is 0 Å². The van der Waals surface area contributed by atoms with Gasteiger partial charge in [-0.3, -0.25) is 14.4 Å². The number of carbonyl (C=O) groups is 3. The van der Waals surface area contributed by atoms with Gasteiger partial charge in [-0.2, -0.15) is 15.8 Å². The monoisotopic (exact) mass is 279 g/mol. The van der Waals surface area contributed by atoms with Gasteiger partial charge in [-0.15, -0.1) is 0 Å². The van der Waals surface area contributed by atoms with E-state index in [2.05, 4.69) is 0 Å². The van der Waals surface area contributed by atoms with E-state index in [4.69, 9.17) is 5.26 Å². The Labute approximate surface area is 120 Å². The maximum Gasteiger partial charge on any atom is 0.161 e. The lowest BCUT2D eigenvalue weighted by Crippen LogP contribution is -2.17. The van der Waals surface area contributed by atoms with Crippen LogP contribution in [0, 0.1) is 34.0 Å². The lowest BCUT2D eigenvalue weighted by Gasteiger charge is -2.14. The molecule has 0 radical (unpaired) electrons. The third kappa shape index (κ3) is 2.41. The first-order valence-electron chi connectivity index (χ1n) is 5.78. The summed E-state index contributed by atoms with van der Waals surface area (Å²) >= 11 is 0. The lowest BCUT2D eigenvalue weighted by molar-refractivity contribution is 0.0967. The van der Waals surface area contributed by atoms with Gasteiger partial charge in [0.2, 0.25) is 0 Å². The second kappa shape index (κ2) is 5.77. The zero-order valence-corrected chi connectivity index (χ0v) is 11.6. The van der Waals surface area contributed by atoms with Crippen LogP contribution in [0.3, 0.4) is 0 Å². The normalized spacial score (nSPS) is 9.14. The van der Waals surface area contributed by atoms with Gasteiger partial charge < -0.3 is 0 Å². The Morgan fingerprint density at radius 1 is 0.619 bits per heavy atom. The zero-order valence-electron chi connectivity index (χ0n) is 11.6. The van der Waals surface area contributed by atoms with Crippen LogP contribution in [0.25, 0.3) is 0 Å². The van der Waals surface area contributed by atoms with Gasteiger partial charge in [0.1, 0.15) is 18.2 Å². The Morgan fingerprint density at radius 2 is 0.905 bits per heavy atom. The first-order chi connectivity index (χ1) is 9.81. The van der Waals surface area contributed by atoms with Crippen LogP contribution >= 0.6 is 0 Å². The zero-order chi connectivity index (χ0) is 16.3. The topological polar surface area (TPSA) is 123 Å². The highest BCUT2D eigenvalue weighted by molar-refractivity contribution is 6.17. The van der Waals surface area contributed by atoms with E-state index in [1.54, 1.807) is 18.2 Å². The SMILES string of the molecule is CC(=O)c1c(C#N)c(C#N)c(C#N)c(C(C)=O)c1C(C)=O. The van der Waals surface area contributed by atoms with Crippen molar-refractivity contribution in [3.05, 3.63) is 33.4 Å². The van der Waals surface area contributed by atoms with Crippen LogP contribution < -0.4 is 0 Å². The average molecular weight is 279 g/mol. The molecule has 0 aliphatic carbocycles. The summed E-state index contributed by atoms with van der Waals surface area (Å²) in [6.07, 6.45) is 0. The molecule has 1 aromatic rings. The molecule has 0 aliphatic heterocycles. The third-order valence-corrected chi connectivity index (χ3v) is 2.89. The van der Waals surface area contributed by atoms with Crippen molar-refractivity contribution >= 4 is 17.3 Å². The van der Waals surface area contributed by atoms with Crippen LogP contribution in [-0.2, 0) is 0 Å². The molecular weight excluding hydrogens is 270 g/mol. The second-order valence-corrected chi connectivity index (χ2v) is 4.25. The molecule has 1 rings (SSSR count). The number of carbonyl (C=O) groups excluding carboxylic acids is 3. The number of nitrogens with zero attached hydrogens (tertiary/aromatic N) is 3. The Hall–Kier alpha value is -3.30. The molecule has 6 nitrogen and oxygen atoms in total. The number of nitriles is 3. The standard InChI is InChI=1S/C15H9N3O3/c1-7(19)13-11(5-17)10(4-16)12(6-18)14(8(2)20)15(13)9(3)21/h1-3H3. The molecule has 0 fully saturated rings. The molecule has 21 heavy (non-hydrogen) atoms. The Kier molecular flexibility index (Phi) is 4.33. The summed E-state index contributed by atoms with van der Waals surface area (Å²) in [5.41, 5.74) is -1.91. The largest absolute Gasteiger partial charge is 0.294 e. The molecule has 0 bridgehead atoms. The summed E-state index contributed by atoms with van der Waals surface area (Å²) in [5.74, 6) is -1.87. The molecule has 0 N–H and O–H groups in total. The Morgan fingerprint density at radius 3 is 1.10 bits per heavy atom. The number of hydrogen-bond acceptors (Lipinski definition) is 6. The first kappa shape index (κ1) is 15.8. The summed E-state index contributed by atoms with van der Waals surface area (Å²) in [6.45, 7) is 3.38. The summed E-state index contributed by atoms with van der Waals surface area (Å²) < 4.78 is 0. The minimum Gasteiger partial charge on any atom is -0.294 e. The van der Waals surface area contributed by atoms with Crippen molar-refractivity contribution in [2.24, 2.45) is 0 Å². The van der Waals surface area contributed by atoms with Gasteiger partial charge in [0.15, 0.2) is 17.3 Å². The van der Waals surface area contributed by atoms with E-state index in [-0.39, 0.29) is 33.4 Å². The molecule has 0 unspecified atom stereocenters. The van der Waals surface area contributed by atoms with Crippen LogP contribution in [0.15, 0.2) is 0 Å². The molecule has 102 valence electrons. The van der Waals surface area contributed by atoms with E-state index in [1.165, 1.54) is 0 Å². The van der Waals surface area contributed by atoms with Crippen molar-refractivity contribution in [1.82, 2.24) is 0 Å². The van der Waals surface area contributed by atoms with Crippen molar-refractivity contribution in [2.45, 2.75) is 20.8 Å². The second-order valence-electron chi connectivity index (χ2n) is 4.25. The van der Waals surface area contributed by atoms with Crippen LogP contribution in [-0.4, -0.2) is 17.3 Å². The molecule has 0 spiro atoms. The summed E-state index contributed by atoms with van der Waals surface area (Å²) in [7, 11) is 0. The highest BCUT2D eigenvalue weighted by Gasteiger charge is 2.30. The van der Waals surface area contributed by atoms with Gasteiger partial charge in [-0.1, -0.05) is 0 Å². The van der Waals surface area contributed by atoms with Crippen molar-refractivity contribution in [3.8, 4) is 18.2 Å². The molecule has 0 atom stereocenters. The number of rotatable bonds is 3. The Balaban J connectivity index is 4.33. The fourth-order valence-electron chi connectivity index (χ4n) is 2.14. The maximum absolute atomic E-state index is 11.8. The summed E-state index contributed by atoms with van der Waals surface area (Å²) in [5, 5.41) is 27.5. The van der Waals surface area contributed by atoms with E-state index in [9.17, 15) is 24.9 Å². The predicted molar refractivity (Wildman–Crippen MR) is 70.6 cm³/mol. The predicted octanol–water partition coefficient (Wildman–Crippen LogP) is 1.91. The quantitative estimate of drug-likeness (QED) is 0.778. The molecule has 0 saturated carbocycles. The smallest absolute Gasteiger partial charge is 0.161 e. The van der Waals surface area contributed by atoms with Gasteiger partial charge in [-0.25, -0.2) is 0 Å². The number of hydrogen-bond donors (Lipinski definition) is 0. The van der Waals surface area contributed by atoms with E-state index in [1.807, 2.05) is 0 Å². The van der Waals surface area contributed by atoms with Crippen LogP contribution in [0.1, 0.15) is 68.5 Å². The molecule has 1 aromatic carbocycles. The fourth-order valence-corrected chi connectivity index (χ4v) is 2.14. The average Bonchev–Trinajstić information content (AvgIpc) is 2.42. The molecule has 0 aromatic heterocycles.